The van der Waals surface area contributed by atoms with Crippen LogP contribution in [0.2, 0.25) is 0 Å². The van der Waals surface area contributed by atoms with Crippen molar-refractivity contribution < 1.29 is 24.4 Å². The molecule has 2 amide bonds. The molecular weight excluding hydrogens is 306 g/mol. The number of amides is 2. The molecule has 1 aliphatic rings. The van der Waals surface area contributed by atoms with E-state index < -0.39 is 11.0 Å². The Hall–Kier alpha value is -2.84. The predicted octanol–water partition coefficient (Wildman–Crippen LogP) is 1.43. The molecule has 0 aromatic heterocycles. The number of methoxy groups -OCH3 is 1. The third kappa shape index (κ3) is 3.33. The van der Waals surface area contributed by atoms with Crippen LogP contribution in [-0.4, -0.2) is 64.6 Å². The summed E-state index contributed by atoms with van der Waals surface area (Å²) in [4.78, 5) is 36.6. The standard InChI is InChI=1S/C14H17N3O6/c1-9-8-15(5-6-16(9)14(19)20)13(18)10-3-4-11(17(21)22)12(7-10)23-2/h3-4,7,9H,5-6,8H2,1-2H3,(H,19,20). The molecule has 124 valence electrons. The number of carboxylic acid groups (broad SMARTS) is 1. The largest absolute Gasteiger partial charge is 0.490 e. The van der Waals surface area contributed by atoms with Crippen LogP contribution >= 0.6 is 0 Å². The second-order valence-electron chi connectivity index (χ2n) is 5.22. The molecule has 1 atom stereocenters. The van der Waals surface area contributed by atoms with Crippen LogP contribution in [0, 0.1) is 10.1 Å². The predicted molar refractivity (Wildman–Crippen MR) is 79.7 cm³/mol. The van der Waals surface area contributed by atoms with E-state index in [4.69, 9.17) is 9.84 Å². The molecule has 1 heterocycles. The summed E-state index contributed by atoms with van der Waals surface area (Å²) in [5.74, 6) is -0.298. The van der Waals surface area contributed by atoms with Gasteiger partial charge in [-0.1, -0.05) is 0 Å². The number of nitro benzene ring substituents is 1. The minimum absolute atomic E-state index is 0.0121. The number of rotatable bonds is 3. The van der Waals surface area contributed by atoms with E-state index in [9.17, 15) is 19.7 Å². The zero-order valence-corrected chi connectivity index (χ0v) is 12.8. The van der Waals surface area contributed by atoms with Crippen LogP contribution in [-0.2, 0) is 0 Å². The molecule has 1 fully saturated rings. The van der Waals surface area contributed by atoms with Crippen LogP contribution in [0.15, 0.2) is 18.2 Å². The molecular formula is C14H17N3O6. The van der Waals surface area contributed by atoms with Gasteiger partial charge >= 0.3 is 11.8 Å². The maximum Gasteiger partial charge on any atom is 0.407 e. The summed E-state index contributed by atoms with van der Waals surface area (Å²) in [5.41, 5.74) is 0.0524. The van der Waals surface area contributed by atoms with Crippen LogP contribution in [0.5, 0.6) is 5.75 Å². The zero-order valence-electron chi connectivity index (χ0n) is 12.8. The lowest BCUT2D eigenvalue weighted by Crippen LogP contribution is -2.55. The molecule has 1 aromatic rings. The van der Waals surface area contributed by atoms with E-state index in [1.54, 1.807) is 6.92 Å². The van der Waals surface area contributed by atoms with Crippen LogP contribution in [0.1, 0.15) is 17.3 Å². The molecule has 0 bridgehead atoms. The Morgan fingerprint density at radius 1 is 1.39 bits per heavy atom. The molecule has 0 saturated carbocycles. The van der Waals surface area contributed by atoms with Crippen molar-refractivity contribution in [2.45, 2.75) is 13.0 Å². The fourth-order valence-corrected chi connectivity index (χ4v) is 2.57. The lowest BCUT2D eigenvalue weighted by Gasteiger charge is -2.38. The lowest BCUT2D eigenvalue weighted by atomic mass is 10.1. The van der Waals surface area contributed by atoms with E-state index in [0.717, 1.165) is 0 Å². The number of hydrogen-bond acceptors (Lipinski definition) is 5. The first kappa shape index (κ1) is 16.5. The Morgan fingerprint density at radius 3 is 2.61 bits per heavy atom. The van der Waals surface area contributed by atoms with E-state index in [0.29, 0.717) is 0 Å². The summed E-state index contributed by atoms with van der Waals surface area (Å²) >= 11 is 0. The molecule has 1 aliphatic heterocycles. The number of nitro groups is 1. The number of carbonyl (C=O) groups is 2. The molecule has 0 radical (unpaired) electrons. The molecule has 0 aliphatic carbocycles. The molecule has 2 rings (SSSR count). The Bertz CT molecular complexity index is 647. The fourth-order valence-electron chi connectivity index (χ4n) is 2.57. The minimum Gasteiger partial charge on any atom is -0.490 e. The van der Waals surface area contributed by atoms with Gasteiger partial charge in [0.25, 0.3) is 5.91 Å². The van der Waals surface area contributed by atoms with E-state index in [1.807, 2.05) is 0 Å². The Labute approximate surface area is 132 Å². The highest BCUT2D eigenvalue weighted by molar-refractivity contribution is 5.95. The molecule has 9 heteroatoms. The highest BCUT2D eigenvalue weighted by atomic mass is 16.6. The summed E-state index contributed by atoms with van der Waals surface area (Å²) in [6.07, 6.45) is -1.01. The molecule has 23 heavy (non-hydrogen) atoms. The third-order valence-electron chi connectivity index (χ3n) is 3.78. The quantitative estimate of drug-likeness (QED) is 0.665. The highest BCUT2D eigenvalue weighted by Crippen LogP contribution is 2.28. The molecule has 1 unspecified atom stereocenters. The van der Waals surface area contributed by atoms with E-state index in [1.165, 1.54) is 35.1 Å². The number of carbonyl (C=O) groups excluding carboxylic acids is 1. The molecule has 1 N–H and O–H groups in total. The van der Waals surface area contributed by atoms with Gasteiger partial charge in [-0.3, -0.25) is 14.9 Å². The third-order valence-corrected chi connectivity index (χ3v) is 3.78. The Kier molecular flexibility index (Phi) is 4.68. The topological polar surface area (TPSA) is 113 Å². The number of ether oxygens (including phenoxy) is 1. The van der Waals surface area contributed by atoms with Gasteiger partial charge in [0, 0.05) is 43.4 Å². The van der Waals surface area contributed by atoms with Gasteiger partial charge in [-0.25, -0.2) is 4.79 Å². The van der Waals surface area contributed by atoms with Gasteiger partial charge in [0.15, 0.2) is 5.75 Å². The SMILES string of the molecule is COc1cc(C(=O)N2CCN(C(=O)O)C(C)C2)ccc1[N+](=O)[O-]. The average molecular weight is 323 g/mol. The van der Waals surface area contributed by atoms with E-state index in [-0.39, 0.29) is 48.6 Å². The first-order chi connectivity index (χ1) is 10.8. The first-order valence-corrected chi connectivity index (χ1v) is 6.96. The van der Waals surface area contributed by atoms with Crippen molar-refractivity contribution in [3.8, 4) is 5.75 Å². The molecule has 0 spiro atoms. The van der Waals surface area contributed by atoms with Gasteiger partial charge in [-0.05, 0) is 13.0 Å². The van der Waals surface area contributed by atoms with Crippen molar-refractivity contribution >= 4 is 17.7 Å². The van der Waals surface area contributed by atoms with Gasteiger partial charge in [0.05, 0.1) is 12.0 Å². The molecule has 9 nitrogen and oxygen atoms in total. The number of piperazine rings is 1. The van der Waals surface area contributed by atoms with Crippen molar-refractivity contribution in [2.24, 2.45) is 0 Å². The summed E-state index contributed by atoms with van der Waals surface area (Å²) < 4.78 is 4.96. The van der Waals surface area contributed by atoms with Gasteiger partial charge < -0.3 is 19.6 Å². The second-order valence-corrected chi connectivity index (χ2v) is 5.22. The summed E-state index contributed by atoms with van der Waals surface area (Å²) in [5, 5.41) is 19.9. The van der Waals surface area contributed by atoms with Crippen LogP contribution in [0.3, 0.4) is 0 Å². The van der Waals surface area contributed by atoms with E-state index >= 15 is 0 Å². The van der Waals surface area contributed by atoms with Gasteiger partial charge in [0.2, 0.25) is 0 Å². The lowest BCUT2D eigenvalue weighted by molar-refractivity contribution is -0.385. The zero-order chi connectivity index (χ0) is 17.1. The van der Waals surface area contributed by atoms with Gasteiger partial charge in [-0.15, -0.1) is 0 Å². The van der Waals surface area contributed by atoms with Crippen molar-refractivity contribution in [2.75, 3.05) is 26.7 Å². The maximum atomic E-state index is 12.5. The van der Waals surface area contributed by atoms with Crippen molar-refractivity contribution in [1.29, 1.82) is 0 Å². The van der Waals surface area contributed by atoms with Crippen LogP contribution in [0.4, 0.5) is 10.5 Å². The molecule has 1 aromatic carbocycles. The van der Waals surface area contributed by atoms with E-state index in [2.05, 4.69) is 0 Å². The normalized spacial score (nSPS) is 17.7. The number of hydrogen-bond donors (Lipinski definition) is 1. The second kappa shape index (κ2) is 6.51. The number of benzene rings is 1. The fraction of sp³-hybridized carbons (Fsp3) is 0.429. The summed E-state index contributed by atoms with van der Waals surface area (Å²) in [6, 6.07) is 3.61. The summed E-state index contributed by atoms with van der Waals surface area (Å²) in [6.45, 7) is 2.50. The van der Waals surface area contributed by atoms with Crippen molar-refractivity contribution in [3.05, 3.63) is 33.9 Å². The maximum absolute atomic E-state index is 12.5. The average Bonchev–Trinajstić information content (AvgIpc) is 2.52. The van der Waals surface area contributed by atoms with Crippen molar-refractivity contribution in [3.63, 3.8) is 0 Å². The number of nitrogens with zero attached hydrogens (tertiary/aromatic N) is 3. The molecule has 1 saturated heterocycles. The smallest absolute Gasteiger partial charge is 0.407 e. The summed E-state index contributed by atoms with van der Waals surface area (Å²) in [7, 11) is 1.30. The highest BCUT2D eigenvalue weighted by Gasteiger charge is 2.30. The van der Waals surface area contributed by atoms with Crippen LogP contribution < -0.4 is 4.74 Å². The Balaban J connectivity index is 2.18. The minimum atomic E-state index is -1.01. The van der Waals surface area contributed by atoms with Gasteiger partial charge in [-0.2, -0.15) is 0 Å². The first-order valence-electron chi connectivity index (χ1n) is 6.96. The van der Waals surface area contributed by atoms with Crippen molar-refractivity contribution in [1.82, 2.24) is 9.80 Å². The monoisotopic (exact) mass is 323 g/mol. The van der Waals surface area contributed by atoms with Gasteiger partial charge in [0.1, 0.15) is 0 Å². The Morgan fingerprint density at radius 2 is 2.09 bits per heavy atom. The van der Waals surface area contributed by atoms with Crippen LogP contribution in [0.25, 0.3) is 0 Å².